The Morgan fingerprint density at radius 3 is 3.00 bits per heavy atom. The highest BCUT2D eigenvalue weighted by atomic mass is 35.5. The number of hydrogen-bond donors (Lipinski definition) is 2. The zero-order valence-electron chi connectivity index (χ0n) is 10.8. The highest BCUT2D eigenvalue weighted by molar-refractivity contribution is 7.10. The first-order chi connectivity index (χ1) is 9.24. The summed E-state index contributed by atoms with van der Waals surface area (Å²) in [6, 6.07) is 5.54. The van der Waals surface area contributed by atoms with E-state index in [0.29, 0.717) is 11.5 Å². The van der Waals surface area contributed by atoms with E-state index in [-0.39, 0.29) is 24.2 Å². The smallest absolute Gasteiger partial charge is 0.231 e. The zero-order valence-corrected chi connectivity index (χ0v) is 12.5. The van der Waals surface area contributed by atoms with Gasteiger partial charge in [0.1, 0.15) is 5.82 Å². The molecule has 0 bridgehead atoms. The predicted octanol–water partition coefficient (Wildman–Crippen LogP) is 3.21. The van der Waals surface area contributed by atoms with E-state index in [4.69, 9.17) is 5.73 Å². The van der Waals surface area contributed by atoms with E-state index in [1.54, 1.807) is 29.7 Å². The Balaban J connectivity index is 0.00000147. The molecule has 1 aliphatic carbocycles. The number of nitrogens with one attached hydrogen (secondary N) is 1. The van der Waals surface area contributed by atoms with Crippen molar-refractivity contribution < 1.29 is 4.79 Å². The molecule has 0 fully saturated rings. The van der Waals surface area contributed by atoms with Crippen LogP contribution in [0.15, 0.2) is 29.8 Å². The van der Waals surface area contributed by atoms with Gasteiger partial charge in [-0.1, -0.05) is 0 Å². The molecule has 2 heterocycles. The number of thiophene rings is 1. The molecule has 3 rings (SSSR count). The molecule has 1 aliphatic rings. The van der Waals surface area contributed by atoms with Gasteiger partial charge in [-0.25, -0.2) is 4.98 Å². The van der Waals surface area contributed by atoms with Crippen LogP contribution in [0.25, 0.3) is 0 Å². The van der Waals surface area contributed by atoms with Crippen LogP contribution in [0.5, 0.6) is 0 Å². The van der Waals surface area contributed by atoms with Gasteiger partial charge >= 0.3 is 0 Å². The van der Waals surface area contributed by atoms with Gasteiger partial charge in [0.15, 0.2) is 0 Å². The van der Waals surface area contributed by atoms with Gasteiger partial charge in [-0.2, -0.15) is 0 Å². The molecular weight excluding hydrogens is 294 g/mol. The summed E-state index contributed by atoms with van der Waals surface area (Å²) in [6.45, 7) is 0. The van der Waals surface area contributed by atoms with Crippen molar-refractivity contribution in [2.24, 2.45) is 0 Å². The van der Waals surface area contributed by atoms with Crippen molar-refractivity contribution in [1.29, 1.82) is 0 Å². The third-order valence-corrected chi connectivity index (χ3v) is 4.42. The molecule has 0 aliphatic heterocycles. The Hall–Kier alpha value is -1.59. The molecule has 106 valence electrons. The minimum Gasteiger partial charge on any atom is -0.384 e. The summed E-state index contributed by atoms with van der Waals surface area (Å²) in [5.74, 6) is 0.467. The van der Waals surface area contributed by atoms with Crippen LogP contribution in [0.1, 0.15) is 29.2 Å². The molecule has 1 amide bonds. The number of nitrogens with zero attached hydrogens (tertiary/aromatic N) is 1. The van der Waals surface area contributed by atoms with Crippen molar-refractivity contribution in [1.82, 2.24) is 4.98 Å². The first kappa shape index (κ1) is 14.8. The highest BCUT2D eigenvalue weighted by Crippen LogP contribution is 2.35. The minimum atomic E-state index is -0.0347. The summed E-state index contributed by atoms with van der Waals surface area (Å²) >= 11 is 1.75. The summed E-state index contributed by atoms with van der Waals surface area (Å²) in [5, 5.41) is 4.99. The number of nitrogen functional groups attached to an aromatic ring is 1. The van der Waals surface area contributed by atoms with Gasteiger partial charge in [-0.15, -0.1) is 23.7 Å². The van der Waals surface area contributed by atoms with Crippen LogP contribution in [0, 0.1) is 0 Å². The van der Waals surface area contributed by atoms with Gasteiger partial charge in [-0.3, -0.25) is 4.79 Å². The van der Waals surface area contributed by atoms with E-state index in [0.717, 1.165) is 19.3 Å². The quantitative estimate of drug-likeness (QED) is 0.895. The van der Waals surface area contributed by atoms with Crippen LogP contribution in [0.2, 0.25) is 0 Å². The lowest BCUT2D eigenvalue weighted by atomic mass is 9.87. The lowest BCUT2D eigenvalue weighted by Crippen LogP contribution is -2.23. The van der Waals surface area contributed by atoms with Crippen LogP contribution in [-0.2, 0) is 11.2 Å². The Labute approximate surface area is 127 Å². The van der Waals surface area contributed by atoms with Gasteiger partial charge < -0.3 is 11.1 Å². The first-order valence-corrected chi connectivity index (χ1v) is 7.20. The number of rotatable bonds is 2. The molecule has 3 N–H and O–H groups in total. The molecule has 2 aromatic rings. The maximum Gasteiger partial charge on any atom is 0.231 e. The maximum absolute atomic E-state index is 12.3. The Morgan fingerprint density at radius 2 is 2.25 bits per heavy atom. The summed E-state index contributed by atoms with van der Waals surface area (Å²) in [5.41, 5.74) is 7.41. The van der Waals surface area contributed by atoms with Crippen LogP contribution in [0.4, 0.5) is 11.5 Å². The molecule has 6 heteroatoms. The van der Waals surface area contributed by atoms with E-state index in [1.807, 2.05) is 0 Å². The second kappa shape index (κ2) is 6.24. The number of pyridine rings is 1. The van der Waals surface area contributed by atoms with Gasteiger partial charge in [0.2, 0.25) is 5.91 Å². The molecule has 4 nitrogen and oxygen atoms in total. The molecular formula is C14H16ClN3OS. The van der Waals surface area contributed by atoms with Crippen molar-refractivity contribution in [2.75, 3.05) is 11.1 Å². The minimum absolute atomic E-state index is 0. The molecule has 0 radical (unpaired) electrons. The van der Waals surface area contributed by atoms with Gasteiger partial charge in [0, 0.05) is 4.88 Å². The number of hydrogen-bond acceptors (Lipinski definition) is 4. The molecule has 0 aromatic carbocycles. The number of fused-ring (bicyclic) bond motifs is 1. The summed E-state index contributed by atoms with van der Waals surface area (Å²) in [7, 11) is 0. The number of halogens is 1. The van der Waals surface area contributed by atoms with E-state index in [2.05, 4.69) is 21.7 Å². The second-order valence-corrected chi connectivity index (χ2v) is 5.71. The largest absolute Gasteiger partial charge is 0.384 e. The molecule has 0 saturated carbocycles. The standard InChI is InChI=1S/C14H15N3OS.ClH/c15-13-5-4-9(8-16-13)17-14(18)11-2-1-3-12-10(11)6-7-19-12;/h4-8,11H,1-3H2,(H2,15,16)(H,17,18);1H. The van der Waals surface area contributed by atoms with Crippen molar-refractivity contribution in [3.05, 3.63) is 40.2 Å². The fourth-order valence-corrected chi connectivity index (χ4v) is 3.45. The van der Waals surface area contributed by atoms with E-state index in [1.165, 1.54) is 10.4 Å². The van der Waals surface area contributed by atoms with Gasteiger partial charge in [0.25, 0.3) is 0 Å². The van der Waals surface area contributed by atoms with Gasteiger partial charge in [0.05, 0.1) is 17.8 Å². The Kier molecular flexibility index (Phi) is 4.62. The normalized spacial score (nSPS) is 16.9. The average Bonchev–Trinajstić information content (AvgIpc) is 2.89. The molecule has 0 saturated heterocycles. The topological polar surface area (TPSA) is 68.0 Å². The predicted molar refractivity (Wildman–Crippen MR) is 84.5 cm³/mol. The maximum atomic E-state index is 12.3. The SMILES string of the molecule is Cl.Nc1ccc(NC(=O)C2CCCc3sccc32)cn1. The van der Waals surface area contributed by atoms with E-state index >= 15 is 0 Å². The fraction of sp³-hybridized carbons (Fsp3) is 0.286. The Bertz CT molecular complexity index is 597. The molecule has 1 atom stereocenters. The third kappa shape index (κ3) is 2.94. The van der Waals surface area contributed by atoms with Crippen LogP contribution in [0.3, 0.4) is 0 Å². The molecule has 0 spiro atoms. The van der Waals surface area contributed by atoms with Gasteiger partial charge in [-0.05, 0) is 48.4 Å². The fourth-order valence-electron chi connectivity index (χ4n) is 2.47. The third-order valence-electron chi connectivity index (χ3n) is 3.42. The summed E-state index contributed by atoms with van der Waals surface area (Å²) in [4.78, 5) is 17.7. The average molecular weight is 310 g/mol. The molecule has 2 aromatic heterocycles. The molecule has 20 heavy (non-hydrogen) atoms. The number of anilines is 2. The monoisotopic (exact) mass is 309 g/mol. The van der Waals surface area contributed by atoms with E-state index in [9.17, 15) is 4.79 Å². The number of nitrogens with two attached hydrogens (primary N) is 1. The van der Waals surface area contributed by atoms with Crippen molar-refractivity contribution >= 4 is 41.2 Å². The second-order valence-electron chi connectivity index (χ2n) is 4.70. The lowest BCUT2D eigenvalue weighted by molar-refractivity contribution is -0.117. The highest BCUT2D eigenvalue weighted by Gasteiger charge is 2.27. The van der Waals surface area contributed by atoms with Crippen molar-refractivity contribution in [3.63, 3.8) is 0 Å². The first-order valence-electron chi connectivity index (χ1n) is 6.32. The summed E-state index contributed by atoms with van der Waals surface area (Å²) in [6.07, 6.45) is 4.67. The van der Waals surface area contributed by atoms with Crippen molar-refractivity contribution in [3.8, 4) is 0 Å². The van der Waals surface area contributed by atoms with Crippen LogP contribution < -0.4 is 11.1 Å². The van der Waals surface area contributed by atoms with Crippen LogP contribution in [-0.4, -0.2) is 10.9 Å². The lowest BCUT2D eigenvalue weighted by Gasteiger charge is -2.21. The number of amides is 1. The van der Waals surface area contributed by atoms with E-state index < -0.39 is 0 Å². The van der Waals surface area contributed by atoms with Crippen molar-refractivity contribution in [2.45, 2.75) is 25.2 Å². The number of carbonyl (C=O) groups is 1. The zero-order chi connectivity index (χ0) is 13.2. The number of aromatic nitrogens is 1. The number of carbonyl (C=O) groups excluding carboxylic acids is 1. The number of aryl methyl sites for hydroxylation is 1. The summed E-state index contributed by atoms with van der Waals surface area (Å²) < 4.78 is 0. The van der Waals surface area contributed by atoms with Crippen LogP contribution >= 0.6 is 23.7 Å². The molecule has 1 unspecified atom stereocenters. The Morgan fingerprint density at radius 1 is 1.40 bits per heavy atom.